The summed E-state index contributed by atoms with van der Waals surface area (Å²) in [5.41, 5.74) is 0. The number of nitrogens with zero attached hydrogens (tertiary/aromatic N) is 2. The Morgan fingerprint density at radius 1 is 1.06 bits per heavy atom. The topological polar surface area (TPSA) is 60.9 Å². The van der Waals surface area contributed by atoms with Gasteiger partial charge in [0.1, 0.15) is 6.04 Å². The molecule has 2 aliphatic rings. The first-order valence-electron chi connectivity index (χ1n) is 6.82. The number of likely N-dealkylation sites (tertiary alicyclic amines) is 2. The third kappa shape index (κ3) is 2.31. The number of carbonyl (C=O) groups excluding carboxylic acids is 1. The van der Waals surface area contributed by atoms with Crippen molar-refractivity contribution in [2.75, 3.05) is 13.1 Å². The quantitative estimate of drug-likeness (QED) is 0.776. The van der Waals surface area contributed by atoms with Gasteiger partial charge in [-0.15, -0.1) is 0 Å². The Balaban J connectivity index is 2.08. The Hall–Kier alpha value is -1.26. The first kappa shape index (κ1) is 13.2. The molecular weight excluding hydrogens is 232 g/mol. The van der Waals surface area contributed by atoms with Gasteiger partial charge in [0.05, 0.1) is 0 Å². The molecule has 0 aliphatic carbocycles. The lowest BCUT2D eigenvalue weighted by atomic mass is 9.92. The molecule has 1 N–H and O–H groups in total. The zero-order valence-electron chi connectivity index (χ0n) is 11.1. The first-order valence-corrected chi connectivity index (χ1v) is 6.82. The maximum atomic E-state index is 12.5. The number of piperidine rings is 1. The van der Waals surface area contributed by atoms with Gasteiger partial charge < -0.3 is 14.9 Å². The Morgan fingerprint density at radius 2 is 1.67 bits per heavy atom. The minimum atomic E-state index is -0.876. The number of hydrogen-bond donors (Lipinski definition) is 1. The van der Waals surface area contributed by atoms with E-state index < -0.39 is 12.0 Å². The van der Waals surface area contributed by atoms with E-state index in [0.29, 0.717) is 18.9 Å². The highest BCUT2D eigenvalue weighted by atomic mass is 16.4. The highest BCUT2D eigenvalue weighted by molar-refractivity contribution is 5.83. The van der Waals surface area contributed by atoms with Crippen molar-refractivity contribution >= 4 is 12.0 Å². The maximum absolute atomic E-state index is 12.5. The van der Waals surface area contributed by atoms with Gasteiger partial charge >= 0.3 is 12.0 Å². The number of aliphatic carboxylic acids is 1. The molecule has 2 saturated heterocycles. The van der Waals surface area contributed by atoms with Crippen LogP contribution in [0.25, 0.3) is 0 Å². The summed E-state index contributed by atoms with van der Waals surface area (Å²) in [5, 5.41) is 9.14. The van der Waals surface area contributed by atoms with E-state index in [4.69, 9.17) is 5.11 Å². The minimum absolute atomic E-state index is 0.0843. The lowest BCUT2D eigenvalue weighted by Crippen LogP contribution is -2.54. The van der Waals surface area contributed by atoms with Crippen molar-refractivity contribution in [3.63, 3.8) is 0 Å². The van der Waals surface area contributed by atoms with E-state index in [-0.39, 0.29) is 12.1 Å². The molecule has 0 saturated carbocycles. The average Bonchev–Trinajstić information content (AvgIpc) is 2.81. The highest BCUT2D eigenvalue weighted by Crippen LogP contribution is 2.26. The molecule has 2 fully saturated rings. The fourth-order valence-corrected chi connectivity index (χ4v) is 3.02. The van der Waals surface area contributed by atoms with Crippen molar-refractivity contribution in [2.24, 2.45) is 5.92 Å². The van der Waals surface area contributed by atoms with E-state index in [1.807, 2.05) is 4.90 Å². The predicted molar refractivity (Wildman–Crippen MR) is 67.3 cm³/mol. The molecular formula is C13H22N2O3. The summed E-state index contributed by atoms with van der Waals surface area (Å²) >= 11 is 0. The van der Waals surface area contributed by atoms with Gasteiger partial charge in [0.25, 0.3) is 0 Å². The third-order valence-electron chi connectivity index (χ3n) is 4.40. The second-order valence-electron chi connectivity index (χ2n) is 5.53. The normalized spacial score (nSPS) is 32.7. The van der Waals surface area contributed by atoms with Crippen LogP contribution in [0.2, 0.25) is 0 Å². The molecule has 0 radical (unpaired) electrons. The number of rotatable bonds is 1. The molecule has 2 aliphatic heterocycles. The molecule has 2 amide bonds. The van der Waals surface area contributed by atoms with Crippen LogP contribution in [-0.2, 0) is 4.79 Å². The van der Waals surface area contributed by atoms with E-state index in [0.717, 1.165) is 25.8 Å². The predicted octanol–water partition coefficient (Wildman–Crippen LogP) is 1.78. The summed E-state index contributed by atoms with van der Waals surface area (Å²) < 4.78 is 0. The van der Waals surface area contributed by atoms with Gasteiger partial charge in [-0.25, -0.2) is 9.59 Å². The highest BCUT2D eigenvalue weighted by Gasteiger charge is 2.38. The monoisotopic (exact) mass is 254 g/mol. The number of carboxylic acids is 1. The fourth-order valence-electron chi connectivity index (χ4n) is 3.02. The summed E-state index contributed by atoms with van der Waals surface area (Å²) in [6, 6.07) is -0.498. The van der Waals surface area contributed by atoms with Crippen molar-refractivity contribution in [1.29, 1.82) is 0 Å². The first-order chi connectivity index (χ1) is 8.52. The van der Waals surface area contributed by atoms with Gasteiger partial charge in [0.2, 0.25) is 0 Å². The van der Waals surface area contributed by atoms with Crippen molar-refractivity contribution in [2.45, 2.75) is 51.6 Å². The van der Waals surface area contributed by atoms with Crippen molar-refractivity contribution in [3.05, 3.63) is 0 Å². The molecule has 5 heteroatoms. The van der Waals surface area contributed by atoms with Crippen LogP contribution in [0, 0.1) is 5.92 Å². The van der Waals surface area contributed by atoms with E-state index in [2.05, 4.69) is 13.8 Å². The van der Waals surface area contributed by atoms with E-state index >= 15 is 0 Å². The van der Waals surface area contributed by atoms with Gasteiger partial charge in [0, 0.05) is 19.1 Å². The van der Waals surface area contributed by atoms with Gasteiger partial charge in [-0.1, -0.05) is 6.92 Å². The van der Waals surface area contributed by atoms with Gasteiger partial charge in [-0.2, -0.15) is 0 Å². The molecule has 0 bridgehead atoms. The van der Waals surface area contributed by atoms with Crippen LogP contribution < -0.4 is 0 Å². The summed E-state index contributed by atoms with van der Waals surface area (Å²) in [6.07, 6.45) is 3.54. The molecule has 2 unspecified atom stereocenters. The second kappa shape index (κ2) is 5.16. The number of hydrogen-bond acceptors (Lipinski definition) is 2. The van der Waals surface area contributed by atoms with Crippen molar-refractivity contribution in [1.82, 2.24) is 9.80 Å². The molecule has 102 valence electrons. The molecule has 2 rings (SSSR count). The van der Waals surface area contributed by atoms with Gasteiger partial charge in [-0.3, -0.25) is 0 Å². The standard InChI is InChI=1S/C13H22N2O3/c1-9-5-3-7-14(10(9)2)13(18)15-8-4-6-11(15)12(16)17/h9-11H,3-8H2,1-2H3,(H,16,17)/t9?,10?,11-/m1/s1. The van der Waals surface area contributed by atoms with Crippen molar-refractivity contribution in [3.8, 4) is 0 Å². The Morgan fingerprint density at radius 3 is 2.33 bits per heavy atom. The molecule has 2 heterocycles. The molecule has 3 atom stereocenters. The molecule has 0 aromatic carbocycles. The number of carboxylic acid groups (broad SMARTS) is 1. The number of amides is 2. The smallest absolute Gasteiger partial charge is 0.326 e. The Kier molecular flexibility index (Phi) is 3.78. The number of carbonyl (C=O) groups is 2. The van der Waals surface area contributed by atoms with Crippen LogP contribution in [0.15, 0.2) is 0 Å². The van der Waals surface area contributed by atoms with Crippen LogP contribution in [-0.4, -0.2) is 52.1 Å². The van der Waals surface area contributed by atoms with Crippen LogP contribution in [0.5, 0.6) is 0 Å². The van der Waals surface area contributed by atoms with Crippen molar-refractivity contribution < 1.29 is 14.7 Å². The Bertz CT molecular complexity index is 345. The lowest BCUT2D eigenvalue weighted by molar-refractivity contribution is -0.141. The van der Waals surface area contributed by atoms with Gasteiger partial charge in [-0.05, 0) is 38.5 Å². The minimum Gasteiger partial charge on any atom is -0.480 e. The molecule has 5 nitrogen and oxygen atoms in total. The van der Waals surface area contributed by atoms with Crippen LogP contribution in [0.3, 0.4) is 0 Å². The van der Waals surface area contributed by atoms with Crippen LogP contribution >= 0.6 is 0 Å². The van der Waals surface area contributed by atoms with E-state index in [9.17, 15) is 9.59 Å². The molecule has 0 spiro atoms. The molecule has 0 aromatic heterocycles. The largest absolute Gasteiger partial charge is 0.480 e. The van der Waals surface area contributed by atoms with E-state index in [1.165, 1.54) is 4.90 Å². The van der Waals surface area contributed by atoms with Crippen LogP contribution in [0.1, 0.15) is 39.5 Å². The zero-order valence-corrected chi connectivity index (χ0v) is 11.1. The molecule has 0 aromatic rings. The lowest BCUT2D eigenvalue weighted by Gasteiger charge is -2.40. The van der Waals surface area contributed by atoms with Crippen LogP contribution in [0.4, 0.5) is 4.79 Å². The summed E-state index contributed by atoms with van der Waals surface area (Å²) in [7, 11) is 0. The third-order valence-corrected chi connectivity index (χ3v) is 4.40. The zero-order chi connectivity index (χ0) is 13.3. The average molecular weight is 254 g/mol. The van der Waals surface area contributed by atoms with Gasteiger partial charge in [0.15, 0.2) is 0 Å². The summed E-state index contributed by atoms with van der Waals surface area (Å²) in [5.74, 6) is -0.382. The SMILES string of the molecule is CC1CCCN(C(=O)N2CCC[C@@H]2C(=O)O)C1C. The molecule has 18 heavy (non-hydrogen) atoms. The fraction of sp³-hybridized carbons (Fsp3) is 0.846. The Labute approximate surface area is 108 Å². The summed E-state index contributed by atoms with van der Waals surface area (Å²) in [4.78, 5) is 27.0. The second-order valence-corrected chi connectivity index (χ2v) is 5.53. The summed E-state index contributed by atoms with van der Waals surface area (Å²) in [6.45, 7) is 5.55. The maximum Gasteiger partial charge on any atom is 0.326 e. The van der Waals surface area contributed by atoms with E-state index in [1.54, 1.807) is 0 Å². The number of urea groups is 1.